The fourth-order valence-corrected chi connectivity index (χ4v) is 5.98. The molecule has 2 fully saturated rings. The number of aromatic nitrogens is 2. The van der Waals surface area contributed by atoms with Gasteiger partial charge in [0.1, 0.15) is 11.9 Å². The third kappa shape index (κ3) is 7.63. The molecular weight excluding hydrogens is 553 g/mol. The highest BCUT2D eigenvalue weighted by atomic mass is 32.2. The van der Waals surface area contributed by atoms with Gasteiger partial charge in [0.15, 0.2) is 0 Å². The van der Waals surface area contributed by atoms with Crippen LogP contribution in [0.25, 0.3) is 0 Å². The molecular formula is C27H38FN7O5S. The summed E-state index contributed by atoms with van der Waals surface area (Å²) in [6.07, 6.45) is 5.86. The summed E-state index contributed by atoms with van der Waals surface area (Å²) in [7, 11) is 2.29. The van der Waals surface area contributed by atoms with Crippen molar-refractivity contribution in [2.45, 2.75) is 37.8 Å². The monoisotopic (exact) mass is 591 g/mol. The summed E-state index contributed by atoms with van der Waals surface area (Å²) in [5.74, 6) is -0.916. The van der Waals surface area contributed by atoms with Crippen LogP contribution >= 0.6 is 0 Å². The van der Waals surface area contributed by atoms with Gasteiger partial charge in [0.2, 0.25) is 27.7 Å². The number of anilines is 4. The molecule has 0 saturated carbocycles. The van der Waals surface area contributed by atoms with E-state index in [1.165, 1.54) is 17.5 Å². The number of hydrogen-bond donors (Lipinski definition) is 2. The number of nitrogens with zero attached hydrogens (tertiary/aromatic N) is 5. The molecule has 1 amide bonds. The lowest BCUT2D eigenvalue weighted by Crippen LogP contribution is -2.44. The van der Waals surface area contributed by atoms with E-state index in [0.717, 1.165) is 44.1 Å². The van der Waals surface area contributed by atoms with E-state index in [4.69, 9.17) is 9.47 Å². The number of carbonyl (C=O) groups excluding carboxylic acids is 1. The number of hydrogen-bond acceptors (Lipinski definition) is 10. The van der Waals surface area contributed by atoms with Crippen molar-refractivity contribution in [2.24, 2.45) is 0 Å². The molecule has 4 rings (SSSR count). The third-order valence-corrected chi connectivity index (χ3v) is 8.61. The van der Waals surface area contributed by atoms with E-state index in [2.05, 4.69) is 51.1 Å². The Morgan fingerprint density at radius 1 is 1.20 bits per heavy atom. The van der Waals surface area contributed by atoms with E-state index in [0.29, 0.717) is 42.6 Å². The van der Waals surface area contributed by atoms with Crippen molar-refractivity contribution in [3.8, 4) is 11.6 Å². The summed E-state index contributed by atoms with van der Waals surface area (Å²) in [6, 6.07) is 4.03. The second-order valence-corrected chi connectivity index (χ2v) is 12.4. The van der Waals surface area contributed by atoms with Crippen LogP contribution in [0, 0.1) is 5.82 Å². The molecule has 2 N–H and O–H groups in total. The Balaban J connectivity index is 1.59. The molecule has 0 radical (unpaired) electrons. The average Bonchev–Trinajstić information content (AvgIpc) is 2.94. The Morgan fingerprint density at radius 2 is 1.93 bits per heavy atom. The van der Waals surface area contributed by atoms with E-state index in [1.807, 2.05) is 6.07 Å². The molecule has 1 atom stereocenters. The number of rotatable bonds is 10. The van der Waals surface area contributed by atoms with Gasteiger partial charge < -0.3 is 29.9 Å². The second-order valence-electron chi connectivity index (χ2n) is 10.4. The van der Waals surface area contributed by atoms with Gasteiger partial charge in [-0.2, -0.15) is 13.7 Å². The minimum absolute atomic E-state index is 0.0380. The van der Waals surface area contributed by atoms with Crippen LogP contribution in [0.4, 0.5) is 27.4 Å². The lowest BCUT2D eigenvalue weighted by atomic mass is 10.0. The molecule has 14 heteroatoms. The molecule has 12 nitrogen and oxygen atoms in total. The zero-order valence-electron chi connectivity index (χ0n) is 23.9. The van der Waals surface area contributed by atoms with Gasteiger partial charge in [0, 0.05) is 31.7 Å². The number of benzene rings is 1. The molecule has 2 aromatic rings. The zero-order valence-corrected chi connectivity index (χ0v) is 24.7. The molecule has 2 saturated heterocycles. The number of piperidine rings is 2. The molecule has 41 heavy (non-hydrogen) atoms. The number of nitrogens with one attached hydrogen (secondary N) is 2. The Hall–Kier alpha value is -3.49. The van der Waals surface area contributed by atoms with E-state index in [-0.39, 0.29) is 24.3 Å². The summed E-state index contributed by atoms with van der Waals surface area (Å²) < 4.78 is 51.3. The van der Waals surface area contributed by atoms with Crippen molar-refractivity contribution in [1.29, 1.82) is 0 Å². The van der Waals surface area contributed by atoms with Crippen molar-refractivity contribution in [3.63, 3.8) is 0 Å². The third-order valence-electron chi connectivity index (χ3n) is 7.34. The van der Waals surface area contributed by atoms with Gasteiger partial charge in [-0.05, 0) is 51.9 Å². The highest BCUT2D eigenvalue weighted by Crippen LogP contribution is 2.39. The molecule has 0 spiro atoms. The second kappa shape index (κ2) is 13.0. The van der Waals surface area contributed by atoms with Crippen LogP contribution in [-0.2, 0) is 14.8 Å². The predicted molar refractivity (Wildman–Crippen MR) is 156 cm³/mol. The molecule has 0 aliphatic carbocycles. The van der Waals surface area contributed by atoms with Gasteiger partial charge in [-0.1, -0.05) is 6.58 Å². The molecule has 1 aromatic carbocycles. The quantitative estimate of drug-likeness (QED) is 0.398. The van der Waals surface area contributed by atoms with Crippen LogP contribution in [0.5, 0.6) is 11.6 Å². The Labute approximate surface area is 240 Å². The summed E-state index contributed by atoms with van der Waals surface area (Å²) in [4.78, 5) is 25.0. The SMILES string of the molecule is C=CC(=O)Nc1cc(Nc2ncc(F)c(OC3CCCN(S(C)(=O)=O)C3)n2)c(OC)cc1N1CCC(N(C)C)CC1. The van der Waals surface area contributed by atoms with Gasteiger partial charge >= 0.3 is 0 Å². The van der Waals surface area contributed by atoms with E-state index >= 15 is 0 Å². The fourth-order valence-electron chi connectivity index (χ4n) is 5.08. The first-order valence-electron chi connectivity index (χ1n) is 13.5. The van der Waals surface area contributed by atoms with Crippen LogP contribution in [0.15, 0.2) is 31.0 Å². The normalized spacial score (nSPS) is 18.7. The van der Waals surface area contributed by atoms with Gasteiger partial charge in [0.05, 0.1) is 43.2 Å². The Kier molecular flexibility index (Phi) is 9.66. The molecule has 1 aromatic heterocycles. The molecule has 2 aliphatic rings. The maximum absolute atomic E-state index is 14.6. The highest BCUT2D eigenvalue weighted by molar-refractivity contribution is 7.88. The smallest absolute Gasteiger partial charge is 0.255 e. The van der Waals surface area contributed by atoms with Gasteiger partial charge in [0.25, 0.3) is 5.88 Å². The van der Waals surface area contributed by atoms with E-state index < -0.39 is 21.9 Å². The maximum atomic E-state index is 14.6. The maximum Gasteiger partial charge on any atom is 0.255 e. The molecule has 3 heterocycles. The van der Waals surface area contributed by atoms with Gasteiger partial charge in [-0.25, -0.2) is 13.4 Å². The summed E-state index contributed by atoms with van der Waals surface area (Å²) in [5.41, 5.74) is 1.79. The Morgan fingerprint density at radius 3 is 2.56 bits per heavy atom. The van der Waals surface area contributed by atoms with Crippen molar-refractivity contribution in [2.75, 3.05) is 69.2 Å². The number of carbonyl (C=O) groups is 1. The standard InChI is InChI=1S/C27H38FN7O5S/c1-6-25(36)30-21-14-22(24(39-4)15-23(21)34-12-9-18(10-13-34)33(2)3)31-27-29-16-20(28)26(32-27)40-19-8-7-11-35(17-19)41(5,37)38/h6,14-16,18-19H,1,7-13,17H2,2-5H3,(H,30,36)(H,29,31,32). The molecule has 1 unspecified atom stereocenters. The van der Waals surface area contributed by atoms with E-state index in [9.17, 15) is 17.6 Å². The van der Waals surface area contributed by atoms with Crippen LogP contribution in [0.1, 0.15) is 25.7 Å². The van der Waals surface area contributed by atoms with Crippen molar-refractivity contribution in [1.82, 2.24) is 19.2 Å². The van der Waals surface area contributed by atoms with Crippen LogP contribution < -0.4 is 25.0 Å². The summed E-state index contributed by atoms with van der Waals surface area (Å²) >= 11 is 0. The van der Waals surface area contributed by atoms with Crippen LogP contribution in [0.2, 0.25) is 0 Å². The van der Waals surface area contributed by atoms with Crippen LogP contribution in [-0.4, -0.2) is 99.3 Å². The zero-order chi connectivity index (χ0) is 29.7. The summed E-state index contributed by atoms with van der Waals surface area (Å²) in [6.45, 7) is 5.67. The van der Waals surface area contributed by atoms with E-state index in [1.54, 1.807) is 6.07 Å². The topological polar surface area (TPSA) is 129 Å². The molecule has 0 bridgehead atoms. The lowest BCUT2D eigenvalue weighted by molar-refractivity contribution is -0.111. The number of sulfonamides is 1. The first-order valence-corrected chi connectivity index (χ1v) is 15.3. The highest BCUT2D eigenvalue weighted by Gasteiger charge is 2.29. The fraction of sp³-hybridized carbons (Fsp3) is 0.519. The number of halogens is 1. The molecule has 224 valence electrons. The van der Waals surface area contributed by atoms with Crippen molar-refractivity contribution < 1.29 is 27.1 Å². The molecule has 2 aliphatic heterocycles. The predicted octanol–water partition coefficient (Wildman–Crippen LogP) is 2.83. The number of methoxy groups -OCH3 is 1. The number of amides is 1. The lowest BCUT2D eigenvalue weighted by Gasteiger charge is -2.37. The minimum Gasteiger partial charge on any atom is -0.494 e. The minimum atomic E-state index is -3.39. The van der Waals surface area contributed by atoms with Crippen molar-refractivity contribution >= 4 is 38.9 Å². The van der Waals surface area contributed by atoms with Gasteiger partial charge in [-0.15, -0.1) is 0 Å². The first-order chi connectivity index (χ1) is 19.5. The number of ether oxygens (including phenoxy) is 2. The summed E-state index contributed by atoms with van der Waals surface area (Å²) in [5, 5.41) is 5.92. The van der Waals surface area contributed by atoms with Gasteiger partial charge in [-0.3, -0.25) is 4.79 Å². The first kappa shape index (κ1) is 30.5. The largest absolute Gasteiger partial charge is 0.494 e. The van der Waals surface area contributed by atoms with Crippen molar-refractivity contribution in [3.05, 3.63) is 36.8 Å². The van der Waals surface area contributed by atoms with Crippen LogP contribution in [0.3, 0.4) is 0 Å². The Bertz CT molecular complexity index is 1370. The average molecular weight is 592 g/mol.